The third kappa shape index (κ3) is 5.22. The molecule has 118 valence electrons. The van der Waals surface area contributed by atoms with Crippen LogP contribution in [0.3, 0.4) is 0 Å². The molecule has 1 aromatic rings. The van der Waals surface area contributed by atoms with Gasteiger partial charge in [0.25, 0.3) is 5.91 Å². The quantitative estimate of drug-likeness (QED) is 0.624. The van der Waals surface area contributed by atoms with Gasteiger partial charge in [-0.25, -0.2) is 8.42 Å². The Balaban J connectivity index is 3.05. The first-order chi connectivity index (χ1) is 9.34. The summed E-state index contributed by atoms with van der Waals surface area (Å²) in [5.41, 5.74) is -0.197. The highest BCUT2D eigenvalue weighted by atomic mass is 80.0. The number of hydrogen-bond acceptors (Lipinski definition) is 3. The largest absolute Gasteiger partial charge is 0.405 e. The number of hydrogen-bond donors (Lipinski definition) is 1. The van der Waals surface area contributed by atoms with Crippen LogP contribution >= 0.6 is 47.8 Å². The average Bonchev–Trinajstić information content (AvgIpc) is 2.34. The standard InChI is InChI=1S/C10H7Br3F3NO3S/c11-10(12,13)21(19,20)7-3-1-2-6(4-7)8(18)17-5-9(14,15)16/h1-4H,5H2,(H,17,18). The van der Waals surface area contributed by atoms with Crippen molar-refractivity contribution in [3.63, 3.8) is 0 Å². The smallest absolute Gasteiger partial charge is 0.343 e. The van der Waals surface area contributed by atoms with Crippen LogP contribution in [0.5, 0.6) is 0 Å². The lowest BCUT2D eigenvalue weighted by Crippen LogP contribution is -2.33. The summed E-state index contributed by atoms with van der Waals surface area (Å²) in [5.74, 6) is -1.02. The molecule has 0 saturated carbocycles. The maximum Gasteiger partial charge on any atom is 0.405 e. The fourth-order valence-corrected chi connectivity index (χ4v) is 3.71. The van der Waals surface area contributed by atoms with E-state index in [1.54, 1.807) is 5.32 Å². The van der Waals surface area contributed by atoms with E-state index in [9.17, 15) is 26.4 Å². The molecule has 0 aliphatic heterocycles. The van der Waals surface area contributed by atoms with Crippen molar-refractivity contribution in [3.8, 4) is 0 Å². The average molecular weight is 518 g/mol. The predicted molar refractivity (Wildman–Crippen MR) is 81.5 cm³/mol. The van der Waals surface area contributed by atoms with Gasteiger partial charge in [-0.2, -0.15) is 13.2 Å². The van der Waals surface area contributed by atoms with Crippen LogP contribution in [0.25, 0.3) is 0 Å². The molecule has 0 aromatic heterocycles. The van der Waals surface area contributed by atoms with Crippen molar-refractivity contribution in [2.75, 3.05) is 6.54 Å². The van der Waals surface area contributed by atoms with Gasteiger partial charge in [-0.05, 0) is 66.0 Å². The van der Waals surface area contributed by atoms with Gasteiger partial charge in [-0.1, -0.05) is 6.07 Å². The Labute approximate surface area is 143 Å². The molecule has 11 heteroatoms. The minimum Gasteiger partial charge on any atom is -0.343 e. The highest BCUT2D eigenvalue weighted by Gasteiger charge is 2.37. The molecule has 0 atom stereocenters. The number of benzene rings is 1. The topological polar surface area (TPSA) is 63.2 Å². The van der Waals surface area contributed by atoms with Gasteiger partial charge in [0.05, 0.1) is 4.90 Å². The molecule has 0 aliphatic carbocycles. The van der Waals surface area contributed by atoms with E-state index < -0.39 is 29.9 Å². The highest BCUT2D eigenvalue weighted by molar-refractivity contribution is 9.42. The zero-order chi connectivity index (χ0) is 16.5. The number of rotatable bonds is 3. The van der Waals surface area contributed by atoms with Gasteiger partial charge in [-0.15, -0.1) is 0 Å². The Morgan fingerprint density at radius 3 is 2.24 bits per heavy atom. The second-order valence-corrected chi connectivity index (χ2v) is 14.2. The number of halogens is 6. The summed E-state index contributed by atoms with van der Waals surface area (Å²) >= 11 is 8.55. The molecule has 0 saturated heterocycles. The molecule has 0 spiro atoms. The van der Waals surface area contributed by atoms with Gasteiger partial charge in [0.2, 0.25) is 11.3 Å². The Kier molecular flexibility index (Phi) is 5.90. The van der Waals surface area contributed by atoms with Gasteiger partial charge in [0.15, 0.2) is 0 Å². The molecule has 1 rings (SSSR count). The second-order valence-electron chi connectivity index (χ2n) is 3.77. The third-order valence-electron chi connectivity index (χ3n) is 2.16. The molecular weight excluding hydrogens is 511 g/mol. The first-order valence-electron chi connectivity index (χ1n) is 5.11. The molecule has 0 fully saturated rings. The van der Waals surface area contributed by atoms with Gasteiger partial charge in [0.1, 0.15) is 6.54 Å². The molecule has 0 bridgehead atoms. The summed E-state index contributed by atoms with van der Waals surface area (Å²) in [4.78, 5) is 11.3. The Morgan fingerprint density at radius 1 is 1.19 bits per heavy atom. The fourth-order valence-electron chi connectivity index (χ4n) is 1.22. The summed E-state index contributed by atoms with van der Waals surface area (Å²) in [6.07, 6.45) is -4.55. The molecule has 0 aliphatic rings. The van der Waals surface area contributed by atoms with E-state index in [1.807, 2.05) is 0 Å². The van der Waals surface area contributed by atoms with Crippen molar-refractivity contribution in [3.05, 3.63) is 29.8 Å². The lowest BCUT2D eigenvalue weighted by Gasteiger charge is -2.14. The number of sulfone groups is 1. The molecular formula is C10H7Br3F3NO3S. The summed E-state index contributed by atoms with van der Waals surface area (Å²) < 4.78 is 58.6. The Morgan fingerprint density at radius 2 is 1.76 bits per heavy atom. The SMILES string of the molecule is O=C(NCC(F)(F)F)c1cccc(S(=O)(=O)C(Br)(Br)Br)c1. The molecule has 1 amide bonds. The molecule has 4 nitrogen and oxygen atoms in total. The molecule has 0 heterocycles. The molecule has 1 aromatic carbocycles. The first-order valence-corrected chi connectivity index (χ1v) is 8.97. The lowest BCUT2D eigenvalue weighted by molar-refractivity contribution is -0.123. The van der Waals surface area contributed by atoms with E-state index in [2.05, 4.69) is 47.8 Å². The number of amides is 1. The summed E-state index contributed by atoms with van der Waals surface area (Å²) in [5, 5.41) is 1.66. The van der Waals surface area contributed by atoms with Crippen molar-refractivity contribution >= 4 is 63.5 Å². The van der Waals surface area contributed by atoms with Gasteiger partial charge in [0, 0.05) is 5.56 Å². The van der Waals surface area contributed by atoms with Crippen molar-refractivity contribution in [1.29, 1.82) is 0 Å². The Bertz CT molecular complexity index is 641. The predicted octanol–water partition coefficient (Wildman–Crippen LogP) is 3.55. The van der Waals surface area contributed by atoms with Crippen LogP contribution < -0.4 is 5.32 Å². The van der Waals surface area contributed by atoms with Crippen molar-refractivity contribution in [2.24, 2.45) is 0 Å². The monoisotopic (exact) mass is 515 g/mol. The van der Waals surface area contributed by atoms with Crippen LogP contribution in [-0.2, 0) is 9.84 Å². The van der Waals surface area contributed by atoms with Crippen LogP contribution in [0.4, 0.5) is 13.2 Å². The van der Waals surface area contributed by atoms with E-state index in [0.29, 0.717) is 0 Å². The van der Waals surface area contributed by atoms with Crippen LogP contribution in [0, 0.1) is 0 Å². The van der Waals surface area contributed by atoms with Gasteiger partial charge < -0.3 is 5.32 Å². The highest BCUT2D eigenvalue weighted by Crippen LogP contribution is 2.43. The normalized spacial score (nSPS) is 13.0. The molecule has 0 unspecified atom stereocenters. The van der Waals surface area contributed by atoms with Gasteiger partial charge in [-0.3, -0.25) is 4.79 Å². The third-order valence-corrected chi connectivity index (χ3v) is 7.48. The summed E-state index contributed by atoms with van der Waals surface area (Å²) in [6.45, 7) is -1.50. The molecule has 21 heavy (non-hydrogen) atoms. The van der Waals surface area contributed by atoms with E-state index in [4.69, 9.17) is 0 Å². The van der Waals surface area contributed by atoms with Crippen LogP contribution in [0.2, 0.25) is 0 Å². The van der Waals surface area contributed by atoms with E-state index >= 15 is 0 Å². The minimum absolute atomic E-state index is 0.197. The lowest BCUT2D eigenvalue weighted by atomic mass is 10.2. The zero-order valence-electron chi connectivity index (χ0n) is 9.92. The Hall–Kier alpha value is -0.130. The van der Waals surface area contributed by atoms with Crippen LogP contribution in [0.15, 0.2) is 29.2 Å². The summed E-state index contributed by atoms with van der Waals surface area (Å²) in [6, 6.07) is 4.67. The second kappa shape index (κ2) is 6.55. The van der Waals surface area contributed by atoms with Crippen molar-refractivity contribution in [1.82, 2.24) is 5.32 Å². The van der Waals surface area contributed by atoms with E-state index in [0.717, 1.165) is 6.07 Å². The minimum atomic E-state index is -4.55. The van der Waals surface area contributed by atoms with Gasteiger partial charge >= 0.3 is 6.18 Å². The maximum atomic E-state index is 12.1. The van der Waals surface area contributed by atoms with Crippen molar-refractivity contribution < 1.29 is 26.4 Å². The zero-order valence-corrected chi connectivity index (χ0v) is 15.5. The van der Waals surface area contributed by atoms with Crippen LogP contribution in [-0.4, -0.2) is 28.5 Å². The maximum absolute atomic E-state index is 12.1. The van der Waals surface area contributed by atoms with E-state index in [-0.39, 0.29) is 10.5 Å². The first kappa shape index (κ1) is 18.9. The van der Waals surface area contributed by atoms with Crippen LogP contribution in [0.1, 0.15) is 10.4 Å². The number of carbonyl (C=O) groups is 1. The number of nitrogens with one attached hydrogen (secondary N) is 1. The number of carbonyl (C=O) groups excluding carboxylic acids is 1. The van der Waals surface area contributed by atoms with Crippen molar-refractivity contribution in [2.45, 2.75) is 12.5 Å². The molecule has 0 radical (unpaired) electrons. The summed E-state index contributed by atoms with van der Waals surface area (Å²) in [7, 11) is -3.93. The van der Waals surface area contributed by atoms with E-state index in [1.165, 1.54) is 18.2 Å². The number of alkyl halides is 6. The molecule has 1 N–H and O–H groups in total. The fraction of sp³-hybridized carbons (Fsp3) is 0.300.